The van der Waals surface area contributed by atoms with E-state index >= 15 is 0 Å². The lowest BCUT2D eigenvalue weighted by Crippen LogP contribution is -2.24. The van der Waals surface area contributed by atoms with Gasteiger partial charge in [-0.2, -0.15) is 0 Å². The van der Waals surface area contributed by atoms with Crippen LogP contribution in [0.15, 0.2) is 21.1 Å². The van der Waals surface area contributed by atoms with Crippen molar-refractivity contribution in [1.82, 2.24) is 5.32 Å². The first kappa shape index (κ1) is 14.3. The maximum atomic E-state index is 11.2. The molecule has 0 spiro atoms. The molecule has 0 atom stereocenters. The Balaban J connectivity index is 2.55. The lowest BCUT2D eigenvalue weighted by atomic mass is 10.3. The van der Waals surface area contributed by atoms with Crippen molar-refractivity contribution in [2.24, 2.45) is 0 Å². The number of hydrogen-bond acceptors (Lipinski definition) is 3. The molecule has 4 nitrogen and oxygen atoms in total. The van der Waals surface area contributed by atoms with E-state index in [0.717, 1.165) is 8.95 Å². The standard InChI is InChI=1S/C11H14Br2N2O2/c1-2-15-10(16)3-4-17-11-8(12)5-7(14)6-9(11)13/h5-6H,2-4,14H2,1H3,(H,15,16). The van der Waals surface area contributed by atoms with Gasteiger partial charge in [0.15, 0.2) is 0 Å². The molecule has 94 valence electrons. The fourth-order valence-corrected chi connectivity index (χ4v) is 2.70. The van der Waals surface area contributed by atoms with Crippen LogP contribution < -0.4 is 15.8 Å². The Labute approximate surface area is 117 Å². The summed E-state index contributed by atoms with van der Waals surface area (Å²) >= 11 is 6.72. The van der Waals surface area contributed by atoms with Gasteiger partial charge in [-0.15, -0.1) is 0 Å². The van der Waals surface area contributed by atoms with Crippen molar-refractivity contribution < 1.29 is 9.53 Å². The van der Waals surface area contributed by atoms with Gasteiger partial charge in [0.25, 0.3) is 0 Å². The lowest BCUT2D eigenvalue weighted by molar-refractivity contribution is -0.121. The Kier molecular flexibility index (Phi) is 5.77. The molecule has 0 saturated carbocycles. The molecule has 0 fully saturated rings. The van der Waals surface area contributed by atoms with E-state index in [0.29, 0.717) is 31.0 Å². The number of hydrogen-bond donors (Lipinski definition) is 2. The van der Waals surface area contributed by atoms with E-state index in [9.17, 15) is 4.79 Å². The molecule has 1 aromatic rings. The Bertz CT molecular complexity index is 387. The number of ether oxygens (including phenoxy) is 1. The quantitative estimate of drug-likeness (QED) is 0.788. The molecule has 0 aliphatic heterocycles. The highest BCUT2D eigenvalue weighted by atomic mass is 79.9. The van der Waals surface area contributed by atoms with Crippen LogP contribution in [0.1, 0.15) is 13.3 Å². The second-order valence-corrected chi connectivity index (χ2v) is 5.07. The summed E-state index contributed by atoms with van der Waals surface area (Å²) in [7, 11) is 0. The zero-order valence-corrected chi connectivity index (χ0v) is 12.6. The summed E-state index contributed by atoms with van der Waals surface area (Å²) in [6, 6.07) is 3.51. The third-order valence-electron chi connectivity index (χ3n) is 1.97. The normalized spacial score (nSPS) is 10.1. The zero-order chi connectivity index (χ0) is 12.8. The Morgan fingerprint density at radius 2 is 2.00 bits per heavy atom. The summed E-state index contributed by atoms with van der Waals surface area (Å²) in [6.07, 6.45) is 0.330. The number of amides is 1. The molecule has 0 saturated heterocycles. The third-order valence-corrected chi connectivity index (χ3v) is 3.15. The molecule has 0 aliphatic rings. The van der Waals surface area contributed by atoms with Crippen LogP contribution in [-0.4, -0.2) is 19.1 Å². The highest BCUT2D eigenvalue weighted by molar-refractivity contribution is 9.11. The maximum absolute atomic E-state index is 11.2. The van der Waals surface area contributed by atoms with E-state index < -0.39 is 0 Å². The Hall–Kier alpha value is -0.750. The predicted octanol–water partition coefficient (Wildman–Crippen LogP) is 2.70. The first-order valence-electron chi connectivity index (χ1n) is 5.18. The van der Waals surface area contributed by atoms with E-state index in [-0.39, 0.29) is 5.91 Å². The average molecular weight is 366 g/mol. The second kappa shape index (κ2) is 6.86. The van der Waals surface area contributed by atoms with Gasteiger partial charge in [0.05, 0.1) is 22.0 Å². The smallest absolute Gasteiger partial charge is 0.223 e. The fourth-order valence-electron chi connectivity index (χ4n) is 1.25. The van der Waals surface area contributed by atoms with Crippen molar-refractivity contribution in [2.75, 3.05) is 18.9 Å². The molecule has 6 heteroatoms. The number of benzene rings is 1. The van der Waals surface area contributed by atoms with Crippen LogP contribution in [-0.2, 0) is 4.79 Å². The molecule has 1 rings (SSSR count). The number of nitrogen functional groups attached to an aromatic ring is 1. The molecule has 0 radical (unpaired) electrons. The van der Waals surface area contributed by atoms with Crippen LogP contribution in [0.5, 0.6) is 5.75 Å². The van der Waals surface area contributed by atoms with Crippen LogP contribution in [0.25, 0.3) is 0 Å². The third kappa shape index (κ3) is 4.55. The van der Waals surface area contributed by atoms with E-state index in [1.54, 1.807) is 12.1 Å². The molecule has 3 N–H and O–H groups in total. The van der Waals surface area contributed by atoms with Gasteiger partial charge in [0.2, 0.25) is 5.91 Å². The van der Waals surface area contributed by atoms with E-state index in [1.165, 1.54) is 0 Å². The van der Waals surface area contributed by atoms with Crippen molar-refractivity contribution in [1.29, 1.82) is 0 Å². The van der Waals surface area contributed by atoms with E-state index in [1.807, 2.05) is 6.92 Å². The van der Waals surface area contributed by atoms with Gasteiger partial charge in [-0.1, -0.05) is 0 Å². The molecule has 0 bridgehead atoms. The van der Waals surface area contributed by atoms with Gasteiger partial charge < -0.3 is 15.8 Å². The number of halogens is 2. The van der Waals surface area contributed by atoms with Crippen LogP contribution in [0.2, 0.25) is 0 Å². The SMILES string of the molecule is CCNC(=O)CCOc1c(Br)cc(N)cc1Br. The van der Waals surface area contributed by atoms with Gasteiger partial charge in [-0.3, -0.25) is 4.79 Å². The summed E-state index contributed by atoms with van der Waals surface area (Å²) < 4.78 is 7.06. The molecule has 17 heavy (non-hydrogen) atoms. The van der Waals surface area contributed by atoms with Crippen molar-refractivity contribution in [3.05, 3.63) is 21.1 Å². The van der Waals surface area contributed by atoms with Crippen LogP contribution in [0.4, 0.5) is 5.69 Å². The molecule has 1 amide bonds. The van der Waals surface area contributed by atoms with Crippen LogP contribution in [0.3, 0.4) is 0 Å². The molecule has 0 aromatic heterocycles. The minimum Gasteiger partial charge on any atom is -0.491 e. The molecule has 0 aliphatic carbocycles. The minimum absolute atomic E-state index is 0.0183. The molecule has 0 unspecified atom stereocenters. The number of anilines is 1. The largest absolute Gasteiger partial charge is 0.491 e. The van der Waals surface area contributed by atoms with Crippen molar-refractivity contribution >= 4 is 43.5 Å². The second-order valence-electron chi connectivity index (χ2n) is 3.37. The predicted molar refractivity (Wildman–Crippen MR) is 75.1 cm³/mol. The average Bonchev–Trinajstić information content (AvgIpc) is 2.22. The van der Waals surface area contributed by atoms with Crippen LogP contribution >= 0.6 is 31.9 Å². The zero-order valence-electron chi connectivity index (χ0n) is 9.43. The summed E-state index contributed by atoms with van der Waals surface area (Å²) in [4.78, 5) is 11.2. The van der Waals surface area contributed by atoms with Gasteiger partial charge in [-0.05, 0) is 50.9 Å². The van der Waals surface area contributed by atoms with Gasteiger partial charge in [0.1, 0.15) is 5.75 Å². The summed E-state index contributed by atoms with van der Waals surface area (Å²) in [5.41, 5.74) is 6.30. The van der Waals surface area contributed by atoms with E-state index in [2.05, 4.69) is 37.2 Å². The molecule has 0 heterocycles. The highest BCUT2D eigenvalue weighted by Crippen LogP contribution is 2.35. The summed E-state index contributed by atoms with van der Waals surface area (Å²) in [5.74, 6) is 0.638. The van der Waals surface area contributed by atoms with Gasteiger partial charge >= 0.3 is 0 Å². The first-order chi connectivity index (χ1) is 8.04. The van der Waals surface area contributed by atoms with Crippen molar-refractivity contribution in [3.8, 4) is 5.75 Å². The fraction of sp³-hybridized carbons (Fsp3) is 0.364. The lowest BCUT2D eigenvalue weighted by Gasteiger charge is -2.10. The summed E-state index contributed by atoms with van der Waals surface area (Å²) in [6.45, 7) is 2.84. The number of rotatable bonds is 5. The Morgan fingerprint density at radius 1 is 1.41 bits per heavy atom. The highest BCUT2D eigenvalue weighted by Gasteiger charge is 2.08. The molecular formula is C11H14Br2N2O2. The van der Waals surface area contributed by atoms with Gasteiger partial charge in [0, 0.05) is 12.2 Å². The maximum Gasteiger partial charge on any atom is 0.223 e. The minimum atomic E-state index is -0.0183. The number of carbonyl (C=O) groups excluding carboxylic acids is 1. The van der Waals surface area contributed by atoms with Gasteiger partial charge in [-0.25, -0.2) is 0 Å². The van der Waals surface area contributed by atoms with Crippen molar-refractivity contribution in [2.45, 2.75) is 13.3 Å². The van der Waals surface area contributed by atoms with Crippen LogP contribution in [0, 0.1) is 0 Å². The monoisotopic (exact) mass is 364 g/mol. The first-order valence-corrected chi connectivity index (χ1v) is 6.77. The Morgan fingerprint density at radius 3 is 2.53 bits per heavy atom. The summed E-state index contributed by atoms with van der Waals surface area (Å²) in [5, 5.41) is 2.71. The topological polar surface area (TPSA) is 64.3 Å². The number of nitrogens with one attached hydrogen (secondary N) is 1. The molecular weight excluding hydrogens is 352 g/mol. The van der Waals surface area contributed by atoms with E-state index in [4.69, 9.17) is 10.5 Å². The molecule has 1 aromatic carbocycles. The number of carbonyl (C=O) groups is 1. The number of nitrogens with two attached hydrogens (primary N) is 1. The van der Waals surface area contributed by atoms with Crippen molar-refractivity contribution in [3.63, 3.8) is 0 Å².